The fraction of sp³-hybridized carbons (Fsp3) is 0.310. The molecule has 292 valence electrons. The molecule has 15 heteroatoms. The minimum Gasteiger partial charge on any atom is -0.503 e. The Bertz CT molecular complexity index is 2690. The van der Waals surface area contributed by atoms with Gasteiger partial charge in [-0.15, -0.1) is 11.3 Å². The second-order valence-corrected chi connectivity index (χ2v) is 18.9. The van der Waals surface area contributed by atoms with Crippen molar-refractivity contribution in [1.82, 2.24) is 9.78 Å². The Balaban J connectivity index is 1.19. The van der Waals surface area contributed by atoms with Crippen LogP contribution in [0.1, 0.15) is 42.4 Å². The van der Waals surface area contributed by atoms with Crippen molar-refractivity contribution in [1.29, 1.82) is 0 Å². The van der Waals surface area contributed by atoms with Gasteiger partial charge in [0.15, 0.2) is 11.5 Å². The summed E-state index contributed by atoms with van der Waals surface area (Å²) in [4.78, 5) is 62.4. The van der Waals surface area contributed by atoms with E-state index in [4.69, 9.17) is 33.0 Å². The number of thiophene rings is 1. The summed E-state index contributed by atoms with van der Waals surface area (Å²) < 4.78 is 8.97. The van der Waals surface area contributed by atoms with E-state index in [0.717, 1.165) is 31.7 Å². The lowest BCUT2D eigenvalue weighted by atomic mass is 9.51. The highest BCUT2D eigenvalue weighted by Crippen LogP contribution is 2.65. The topological polar surface area (TPSA) is 122 Å². The van der Waals surface area contributed by atoms with Gasteiger partial charge in [-0.25, -0.2) is 9.80 Å². The molecular weight excluding hydrogens is 919 g/mol. The highest BCUT2D eigenvalue weighted by atomic mass is 79.9. The zero-order valence-corrected chi connectivity index (χ0v) is 36.7. The number of imide groups is 2. The molecular formula is C42H34Br2Cl2N4O6S. The van der Waals surface area contributed by atoms with E-state index in [2.05, 4.69) is 31.9 Å². The number of nitrogens with zero attached hydrogens (tertiary/aromatic N) is 4. The molecule has 0 unspecified atom stereocenters. The number of fused-ring (bicyclic) bond motifs is 5. The van der Waals surface area contributed by atoms with Crippen molar-refractivity contribution >= 4 is 112 Å². The average Bonchev–Trinajstić information content (AvgIpc) is 3.85. The van der Waals surface area contributed by atoms with Crippen molar-refractivity contribution in [3.05, 3.63) is 95.9 Å². The number of rotatable bonds is 5. The lowest BCUT2D eigenvalue weighted by Gasteiger charge is -2.49. The molecule has 2 saturated heterocycles. The molecule has 2 aromatic heterocycles. The summed E-state index contributed by atoms with van der Waals surface area (Å²) >= 11 is 21.6. The van der Waals surface area contributed by atoms with Crippen LogP contribution in [0, 0.1) is 42.9 Å². The second-order valence-electron chi connectivity index (χ2n) is 15.5. The number of aryl methyl sites for hydroxylation is 3. The van der Waals surface area contributed by atoms with Crippen LogP contribution in [0.5, 0.6) is 11.5 Å². The Morgan fingerprint density at radius 1 is 0.947 bits per heavy atom. The average molecular weight is 954 g/mol. The minimum absolute atomic E-state index is 0.138. The Labute approximate surface area is 358 Å². The molecule has 4 heterocycles. The number of carbonyl (C=O) groups is 4. The zero-order valence-electron chi connectivity index (χ0n) is 31.2. The molecule has 57 heavy (non-hydrogen) atoms. The molecule has 2 aliphatic carbocycles. The third-order valence-electron chi connectivity index (χ3n) is 12.6. The van der Waals surface area contributed by atoms with Gasteiger partial charge in [0.25, 0.3) is 0 Å². The molecule has 4 amide bonds. The SMILES string of the molecule is COc1cc([C@H]2C3=CC[C@@H]4C(=O)N(c5ccc(C)c(Cl)c5)C(=O)[C@@H]4[C@@H]3C[C@H]3C(=O)N(c4cc(-c5sc6ccc(Cl)cc6c5C)nn4C)C(=O)[C@@]23C)c(Br)c(Br)c1O. The number of aromatic nitrogens is 2. The van der Waals surface area contributed by atoms with Crippen LogP contribution in [-0.2, 0) is 26.2 Å². The van der Waals surface area contributed by atoms with Gasteiger partial charge in [-0.05, 0) is 130 Å². The molecule has 10 nitrogen and oxygen atoms in total. The van der Waals surface area contributed by atoms with Crippen LogP contribution < -0.4 is 14.5 Å². The van der Waals surface area contributed by atoms with Crippen molar-refractivity contribution in [3.63, 3.8) is 0 Å². The summed E-state index contributed by atoms with van der Waals surface area (Å²) in [6.45, 7) is 5.66. The molecule has 3 fully saturated rings. The van der Waals surface area contributed by atoms with Crippen molar-refractivity contribution < 1.29 is 29.0 Å². The van der Waals surface area contributed by atoms with Crippen LogP contribution in [0.3, 0.4) is 0 Å². The maximum Gasteiger partial charge on any atom is 0.242 e. The van der Waals surface area contributed by atoms with E-state index in [-0.39, 0.29) is 36.2 Å². The molecule has 1 saturated carbocycles. The summed E-state index contributed by atoms with van der Waals surface area (Å²) in [5, 5.41) is 17.9. The molecule has 0 radical (unpaired) electrons. The van der Waals surface area contributed by atoms with E-state index in [1.54, 1.807) is 53.4 Å². The summed E-state index contributed by atoms with van der Waals surface area (Å²) in [5.41, 5.74) is 2.82. The van der Waals surface area contributed by atoms with E-state index in [9.17, 15) is 14.7 Å². The molecule has 0 bridgehead atoms. The maximum absolute atomic E-state index is 15.3. The fourth-order valence-electron chi connectivity index (χ4n) is 9.75. The van der Waals surface area contributed by atoms with E-state index >= 15 is 9.59 Å². The first-order chi connectivity index (χ1) is 27.1. The van der Waals surface area contributed by atoms with Crippen LogP contribution in [0.15, 0.2) is 69.1 Å². The van der Waals surface area contributed by atoms with Gasteiger partial charge in [-0.3, -0.25) is 23.9 Å². The van der Waals surface area contributed by atoms with Crippen LogP contribution >= 0.6 is 66.4 Å². The first-order valence-electron chi connectivity index (χ1n) is 18.3. The number of allylic oxidation sites excluding steroid dienone is 2. The molecule has 4 aliphatic rings. The normalized spacial score (nSPS) is 25.6. The number of phenolic OH excluding ortho intramolecular Hbond substituents is 1. The number of phenols is 1. The van der Waals surface area contributed by atoms with E-state index in [1.807, 2.05) is 45.0 Å². The van der Waals surface area contributed by atoms with Gasteiger partial charge in [0, 0.05) is 38.2 Å². The third-order valence-corrected chi connectivity index (χ3v) is 16.7. The lowest BCUT2D eigenvalue weighted by Crippen LogP contribution is -2.49. The van der Waals surface area contributed by atoms with Crippen LogP contribution in [0.4, 0.5) is 11.5 Å². The number of hydrogen-bond donors (Lipinski definition) is 1. The summed E-state index contributed by atoms with van der Waals surface area (Å²) in [5.74, 6) is -4.84. The highest BCUT2D eigenvalue weighted by molar-refractivity contribution is 9.13. The van der Waals surface area contributed by atoms with E-state index in [0.29, 0.717) is 41.8 Å². The Kier molecular flexibility index (Phi) is 9.13. The minimum atomic E-state index is -1.36. The molecule has 0 spiro atoms. The molecule has 2 aliphatic heterocycles. The molecule has 1 N–H and O–H groups in total. The van der Waals surface area contributed by atoms with Crippen molar-refractivity contribution in [2.24, 2.45) is 36.1 Å². The molecule has 3 aromatic carbocycles. The number of amides is 4. The van der Waals surface area contributed by atoms with Gasteiger partial charge >= 0.3 is 0 Å². The van der Waals surface area contributed by atoms with Gasteiger partial charge in [0.05, 0.1) is 45.3 Å². The van der Waals surface area contributed by atoms with Crippen molar-refractivity contribution in [2.45, 2.75) is 39.5 Å². The van der Waals surface area contributed by atoms with Gasteiger partial charge in [-0.1, -0.05) is 40.9 Å². The number of anilines is 2. The second kappa shape index (κ2) is 13.5. The monoisotopic (exact) mass is 950 g/mol. The standard InChI is InChI=1S/C42H34Br2Cl2N4O6S/c1-17-6-8-20(13-27(17)46)49-38(52)22-10-9-21-24(32(22)40(49)54)14-26-39(53)50(41(55)42(26,3)33(21)25-15-29(56-5)36(51)35(44)34(25)43)31-16-28(47-48(31)4)37-18(2)23-12-19(45)7-11-30(23)57-37/h6-9,11-13,15-16,22,24,26,32-33,51H,10,14H2,1-5H3/t22-,24+,26-,32-,33+,42+/m0/s1. The summed E-state index contributed by atoms with van der Waals surface area (Å²) in [6, 6.07) is 14.3. The van der Waals surface area contributed by atoms with Crippen LogP contribution in [-0.4, -0.2) is 45.6 Å². The fourth-order valence-corrected chi connectivity index (χ4v) is 12.2. The predicted molar refractivity (Wildman–Crippen MR) is 227 cm³/mol. The predicted octanol–water partition coefficient (Wildman–Crippen LogP) is 9.90. The summed E-state index contributed by atoms with van der Waals surface area (Å²) in [6.07, 6.45) is 2.41. The lowest BCUT2D eigenvalue weighted by molar-refractivity contribution is -0.131. The van der Waals surface area contributed by atoms with Crippen LogP contribution in [0.25, 0.3) is 20.7 Å². The van der Waals surface area contributed by atoms with Gasteiger partial charge in [0.1, 0.15) is 11.5 Å². The third kappa shape index (κ3) is 5.41. The first kappa shape index (κ1) is 38.5. The first-order valence-corrected chi connectivity index (χ1v) is 21.4. The Hall–Kier alpha value is -4.01. The molecule has 5 aromatic rings. The van der Waals surface area contributed by atoms with E-state index < -0.39 is 46.8 Å². The van der Waals surface area contributed by atoms with E-state index in [1.165, 1.54) is 16.9 Å². The van der Waals surface area contributed by atoms with Gasteiger partial charge in [0.2, 0.25) is 23.6 Å². The highest BCUT2D eigenvalue weighted by Gasteiger charge is 2.68. The summed E-state index contributed by atoms with van der Waals surface area (Å²) in [7, 11) is 3.15. The smallest absolute Gasteiger partial charge is 0.242 e. The Morgan fingerprint density at radius 3 is 2.42 bits per heavy atom. The number of benzene rings is 3. The Morgan fingerprint density at radius 2 is 1.70 bits per heavy atom. The zero-order chi connectivity index (χ0) is 40.6. The number of carbonyl (C=O) groups excluding carboxylic acids is 4. The van der Waals surface area contributed by atoms with Crippen LogP contribution in [0.2, 0.25) is 10.0 Å². The van der Waals surface area contributed by atoms with Gasteiger partial charge in [-0.2, -0.15) is 5.10 Å². The maximum atomic E-state index is 15.3. The number of hydrogen-bond acceptors (Lipinski definition) is 8. The molecule has 9 rings (SSSR count). The number of aromatic hydroxyl groups is 1. The molecule has 6 atom stereocenters. The number of methoxy groups -OCH3 is 1. The van der Waals surface area contributed by atoms with Gasteiger partial charge < -0.3 is 9.84 Å². The quantitative estimate of drug-likeness (QED) is 0.138. The number of ether oxygens (including phenoxy) is 1. The largest absolute Gasteiger partial charge is 0.503 e. The van der Waals surface area contributed by atoms with Crippen molar-refractivity contribution in [3.8, 4) is 22.1 Å². The van der Waals surface area contributed by atoms with Crippen molar-refractivity contribution in [2.75, 3.05) is 16.9 Å². The number of halogens is 4.